The Hall–Kier alpha value is -3.65. The normalized spacial score (nSPS) is 13.7. The van der Waals surface area contributed by atoms with E-state index in [2.05, 4.69) is 5.32 Å². The minimum Gasteiger partial charge on any atom is -0.545 e. The molecule has 0 spiro atoms. The largest absolute Gasteiger partial charge is 0.545 e. The van der Waals surface area contributed by atoms with E-state index in [9.17, 15) is 24.3 Å². The van der Waals surface area contributed by atoms with Gasteiger partial charge in [-0.05, 0) is 36.8 Å². The summed E-state index contributed by atoms with van der Waals surface area (Å²) >= 11 is 6.08. The topological polar surface area (TPSA) is 116 Å². The van der Waals surface area contributed by atoms with Crippen LogP contribution >= 0.6 is 11.6 Å². The van der Waals surface area contributed by atoms with Gasteiger partial charge in [0.05, 0.1) is 23.8 Å². The molecule has 148 valence electrons. The number of imide groups is 1. The third-order valence-corrected chi connectivity index (χ3v) is 4.41. The molecular weight excluding hydrogens is 400 g/mol. The second kappa shape index (κ2) is 8.15. The van der Waals surface area contributed by atoms with E-state index in [4.69, 9.17) is 16.3 Å². The highest BCUT2D eigenvalue weighted by Crippen LogP contribution is 2.32. The van der Waals surface area contributed by atoms with Crippen LogP contribution in [-0.2, 0) is 14.3 Å². The molecular formula is C20H14ClN2O6-. The number of aromatic carboxylic acids is 1. The minimum atomic E-state index is -1.34. The number of carboxylic acids is 1. The Labute approximate surface area is 170 Å². The molecule has 2 amide bonds. The number of amides is 2. The Morgan fingerprint density at radius 3 is 2.34 bits per heavy atom. The van der Waals surface area contributed by atoms with Crippen LogP contribution in [0.4, 0.5) is 11.4 Å². The molecule has 8 nitrogen and oxygen atoms in total. The summed E-state index contributed by atoms with van der Waals surface area (Å²) in [4.78, 5) is 49.3. The van der Waals surface area contributed by atoms with Gasteiger partial charge >= 0.3 is 5.97 Å². The maximum Gasteiger partial charge on any atom is 0.340 e. The maximum atomic E-state index is 12.9. The van der Waals surface area contributed by atoms with Gasteiger partial charge in [-0.1, -0.05) is 35.9 Å². The van der Waals surface area contributed by atoms with Gasteiger partial charge in [-0.3, -0.25) is 9.59 Å². The summed E-state index contributed by atoms with van der Waals surface area (Å²) in [5.74, 6) is -3.59. The Morgan fingerprint density at radius 1 is 1.07 bits per heavy atom. The van der Waals surface area contributed by atoms with Crippen molar-refractivity contribution in [1.82, 2.24) is 0 Å². The Bertz CT molecular complexity index is 1050. The molecule has 0 atom stereocenters. The van der Waals surface area contributed by atoms with Crippen molar-refractivity contribution in [3.63, 3.8) is 0 Å². The molecule has 0 saturated carbocycles. The van der Waals surface area contributed by atoms with Crippen LogP contribution in [0.25, 0.3) is 0 Å². The van der Waals surface area contributed by atoms with Crippen LogP contribution in [0.2, 0.25) is 0 Å². The van der Waals surface area contributed by atoms with Gasteiger partial charge in [-0.2, -0.15) is 0 Å². The van der Waals surface area contributed by atoms with Crippen molar-refractivity contribution < 1.29 is 29.0 Å². The Balaban J connectivity index is 1.91. The quantitative estimate of drug-likeness (QED) is 0.565. The van der Waals surface area contributed by atoms with Gasteiger partial charge in [-0.15, -0.1) is 0 Å². The van der Waals surface area contributed by atoms with Gasteiger partial charge in [0.25, 0.3) is 11.8 Å². The third kappa shape index (κ3) is 3.83. The molecule has 0 fully saturated rings. The van der Waals surface area contributed by atoms with E-state index in [-0.39, 0.29) is 34.2 Å². The summed E-state index contributed by atoms with van der Waals surface area (Å²) in [6.07, 6.45) is 0. The van der Waals surface area contributed by atoms with Crippen molar-refractivity contribution in [1.29, 1.82) is 0 Å². The first kappa shape index (κ1) is 20.1. The van der Waals surface area contributed by atoms with Gasteiger partial charge in [0.15, 0.2) is 0 Å². The van der Waals surface area contributed by atoms with Crippen LogP contribution in [0.5, 0.6) is 0 Å². The molecule has 0 saturated heterocycles. The average molecular weight is 414 g/mol. The predicted octanol–water partition coefficient (Wildman–Crippen LogP) is 1.66. The van der Waals surface area contributed by atoms with E-state index >= 15 is 0 Å². The lowest BCUT2D eigenvalue weighted by molar-refractivity contribution is -0.255. The predicted molar refractivity (Wildman–Crippen MR) is 102 cm³/mol. The number of nitrogens with one attached hydrogen (secondary N) is 1. The first-order valence-corrected chi connectivity index (χ1v) is 8.86. The molecule has 2 aromatic carbocycles. The van der Waals surface area contributed by atoms with E-state index in [0.29, 0.717) is 5.69 Å². The van der Waals surface area contributed by atoms with Gasteiger partial charge in [0.2, 0.25) is 0 Å². The van der Waals surface area contributed by atoms with Crippen molar-refractivity contribution in [3.05, 3.63) is 70.4 Å². The lowest BCUT2D eigenvalue weighted by Crippen LogP contribution is -2.33. The number of anilines is 2. The molecule has 0 unspecified atom stereocenters. The first-order valence-electron chi connectivity index (χ1n) is 8.48. The van der Waals surface area contributed by atoms with Crippen LogP contribution < -0.4 is 15.3 Å². The Kier molecular flexibility index (Phi) is 5.65. The number of carbonyl (C=O) groups excluding carboxylic acids is 4. The van der Waals surface area contributed by atoms with Crippen LogP contribution in [0.3, 0.4) is 0 Å². The number of nitrogens with zero attached hydrogens (tertiary/aromatic N) is 1. The lowest BCUT2D eigenvalue weighted by Gasteiger charge is -2.18. The molecule has 1 aliphatic heterocycles. The lowest BCUT2D eigenvalue weighted by atomic mass is 10.1. The zero-order valence-corrected chi connectivity index (χ0v) is 15.9. The molecule has 1 N–H and O–H groups in total. The first-order chi connectivity index (χ1) is 13.8. The van der Waals surface area contributed by atoms with Gasteiger partial charge < -0.3 is 20.0 Å². The number of carboxylic acid groups (broad SMARTS) is 1. The summed E-state index contributed by atoms with van der Waals surface area (Å²) in [6, 6.07) is 11.4. The van der Waals surface area contributed by atoms with Gasteiger partial charge in [-0.25, -0.2) is 9.69 Å². The monoisotopic (exact) mass is 413 g/mol. The van der Waals surface area contributed by atoms with Gasteiger partial charge in [0, 0.05) is 5.69 Å². The second-order valence-electron chi connectivity index (χ2n) is 5.86. The Morgan fingerprint density at radius 2 is 1.72 bits per heavy atom. The highest BCUT2D eigenvalue weighted by molar-refractivity contribution is 6.53. The molecule has 3 rings (SSSR count). The summed E-state index contributed by atoms with van der Waals surface area (Å²) < 4.78 is 4.98. The standard InChI is InChI=1S/C20H15ClN2O6/c1-2-29-20(28)13-5-3-4-6-14(13)23-17(24)15(21)16(18(23)25)22-12-9-7-11(8-10-12)19(26)27/h3-10,22H,2H2,1H3,(H,26,27)/p-1. The fraction of sp³-hybridized carbons (Fsp3) is 0.100. The van der Waals surface area contributed by atoms with Crippen molar-refractivity contribution in [2.45, 2.75) is 6.92 Å². The van der Waals surface area contributed by atoms with Crippen LogP contribution in [0, 0.1) is 0 Å². The molecule has 9 heteroatoms. The van der Waals surface area contributed by atoms with E-state index in [1.165, 1.54) is 36.4 Å². The molecule has 0 bridgehead atoms. The van der Waals surface area contributed by atoms with Crippen molar-refractivity contribution in [2.24, 2.45) is 0 Å². The fourth-order valence-corrected chi connectivity index (χ4v) is 2.93. The number of ether oxygens (including phenoxy) is 1. The summed E-state index contributed by atoms with van der Waals surface area (Å²) in [7, 11) is 0. The molecule has 1 aliphatic rings. The SMILES string of the molecule is CCOC(=O)c1ccccc1N1C(=O)C(Cl)=C(Nc2ccc(C(=O)[O-])cc2)C1=O. The summed E-state index contributed by atoms with van der Waals surface area (Å²) in [5, 5.41) is 13.2. The molecule has 2 aromatic rings. The fourth-order valence-electron chi connectivity index (χ4n) is 2.71. The van der Waals surface area contributed by atoms with Crippen LogP contribution in [0.15, 0.2) is 59.3 Å². The highest BCUT2D eigenvalue weighted by atomic mass is 35.5. The third-order valence-electron chi connectivity index (χ3n) is 4.06. The van der Waals surface area contributed by atoms with E-state index in [1.54, 1.807) is 19.1 Å². The molecule has 0 aliphatic carbocycles. The number of carbonyl (C=O) groups is 4. The number of hydrogen-bond donors (Lipinski definition) is 1. The van der Waals surface area contributed by atoms with Crippen molar-refractivity contribution in [3.8, 4) is 0 Å². The minimum absolute atomic E-state index is 0.0417. The second-order valence-corrected chi connectivity index (χ2v) is 6.24. The number of benzene rings is 2. The maximum absolute atomic E-state index is 12.9. The number of hydrogen-bond acceptors (Lipinski definition) is 7. The highest BCUT2D eigenvalue weighted by Gasteiger charge is 2.40. The zero-order valence-electron chi connectivity index (χ0n) is 15.1. The summed E-state index contributed by atoms with van der Waals surface area (Å²) in [5.41, 5.74) is 0.180. The number of halogens is 1. The smallest absolute Gasteiger partial charge is 0.340 e. The average Bonchev–Trinajstić information content (AvgIpc) is 2.92. The molecule has 29 heavy (non-hydrogen) atoms. The van der Waals surface area contributed by atoms with E-state index in [0.717, 1.165) is 4.90 Å². The molecule has 1 heterocycles. The number of esters is 1. The number of para-hydroxylation sites is 1. The zero-order chi connectivity index (χ0) is 21.1. The van der Waals surface area contributed by atoms with Crippen molar-refractivity contribution >= 4 is 46.7 Å². The van der Waals surface area contributed by atoms with Crippen LogP contribution in [-0.4, -0.2) is 30.4 Å². The van der Waals surface area contributed by atoms with Crippen molar-refractivity contribution in [2.75, 3.05) is 16.8 Å². The molecule has 0 aromatic heterocycles. The van der Waals surface area contributed by atoms with Gasteiger partial charge in [0.1, 0.15) is 10.7 Å². The van der Waals surface area contributed by atoms with E-state index in [1.807, 2.05) is 0 Å². The summed E-state index contributed by atoms with van der Waals surface area (Å²) in [6.45, 7) is 1.77. The number of rotatable bonds is 6. The van der Waals surface area contributed by atoms with E-state index < -0.39 is 23.8 Å². The van der Waals surface area contributed by atoms with Crippen LogP contribution in [0.1, 0.15) is 27.6 Å². The molecule has 0 radical (unpaired) electrons.